The number of aromatic nitrogens is 5. The summed E-state index contributed by atoms with van der Waals surface area (Å²) < 4.78 is 7.16. The van der Waals surface area contributed by atoms with E-state index in [1.807, 2.05) is 35.1 Å². The Morgan fingerprint density at radius 1 is 1.25 bits per heavy atom. The van der Waals surface area contributed by atoms with Crippen molar-refractivity contribution in [3.8, 4) is 17.7 Å². The molecule has 8 nitrogen and oxygen atoms in total. The van der Waals surface area contributed by atoms with Gasteiger partial charge in [-0.1, -0.05) is 11.8 Å². The first-order chi connectivity index (χ1) is 15.4. The summed E-state index contributed by atoms with van der Waals surface area (Å²) in [4.78, 5) is 17.5. The second-order valence-electron chi connectivity index (χ2n) is 7.55. The molecule has 3 N–H and O–H groups in total. The monoisotopic (exact) mass is 448 g/mol. The first-order valence-corrected chi connectivity index (χ1v) is 11.0. The van der Waals surface area contributed by atoms with Crippen molar-refractivity contribution in [2.24, 2.45) is 0 Å². The molecule has 3 aromatic heterocycles. The average Bonchev–Trinajstić information content (AvgIpc) is 3.36. The fraction of sp³-hybridized carbons (Fsp3) is 0.304. The molecule has 1 unspecified atom stereocenters. The van der Waals surface area contributed by atoms with Crippen LogP contribution in [0.3, 0.4) is 0 Å². The van der Waals surface area contributed by atoms with Crippen LogP contribution in [0.1, 0.15) is 35.4 Å². The molecule has 1 atom stereocenters. The van der Waals surface area contributed by atoms with Gasteiger partial charge in [0.2, 0.25) is 5.95 Å². The fourth-order valence-corrected chi connectivity index (χ4v) is 4.13. The van der Waals surface area contributed by atoms with Gasteiger partial charge >= 0.3 is 0 Å². The molecular weight excluding hydrogens is 424 g/mol. The molecule has 0 aliphatic heterocycles. The van der Waals surface area contributed by atoms with Gasteiger partial charge in [0.15, 0.2) is 5.60 Å². The standard InChI is InChI=1S/C23H24N6O2S/c1-15-14-32-21(26-15)23(2,30)10-8-16-6-7-17-18(13-16)29(19(27-17)5-4-12-31-3)20-9-11-25-22(24)28-20/h6-7,9,11,13-14,30H,4-5,12H2,1-3H3,(H2,24,25,28). The van der Waals surface area contributed by atoms with Crippen LogP contribution >= 0.6 is 11.3 Å². The van der Waals surface area contributed by atoms with Crippen molar-refractivity contribution in [1.82, 2.24) is 24.5 Å². The summed E-state index contributed by atoms with van der Waals surface area (Å²) in [6.07, 6.45) is 3.16. The van der Waals surface area contributed by atoms with Crippen LogP contribution in [0, 0.1) is 18.8 Å². The van der Waals surface area contributed by atoms with Gasteiger partial charge in [-0.05, 0) is 44.5 Å². The van der Waals surface area contributed by atoms with Crippen molar-refractivity contribution in [3.05, 3.63) is 57.9 Å². The van der Waals surface area contributed by atoms with Crippen molar-refractivity contribution < 1.29 is 9.84 Å². The van der Waals surface area contributed by atoms with Gasteiger partial charge in [-0.15, -0.1) is 11.3 Å². The number of nitrogens with two attached hydrogens (primary N) is 1. The lowest BCUT2D eigenvalue weighted by atomic mass is 10.1. The van der Waals surface area contributed by atoms with Gasteiger partial charge in [-0.3, -0.25) is 4.57 Å². The van der Waals surface area contributed by atoms with Crippen molar-refractivity contribution >= 4 is 28.3 Å². The molecule has 0 radical (unpaired) electrons. The molecule has 0 aliphatic carbocycles. The highest BCUT2D eigenvalue weighted by atomic mass is 32.1. The summed E-state index contributed by atoms with van der Waals surface area (Å²) in [5.74, 6) is 7.72. The minimum Gasteiger partial charge on any atom is -0.385 e. The number of thiazole rings is 1. The van der Waals surface area contributed by atoms with Gasteiger partial charge in [0.05, 0.1) is 11.0 Å². The molecule has 0 saturated heterocycles. The van der Waals surface area contributed by atoms with Gasteiger partial charge in [-0.25, -0.2) is 15.0 Å². The van der Waals surface area contributed by atoms with E-state index >= 15 is 0 Å². The molecule has 164 valence electrons. The maximum absolute atomic E-state index is 10.8. The van der Waals surface area contributed by atoms with Crippen LogP contribution in [0.25, 0.3) is 16.9 Å². The van der Waals surface area contributed by atoms with E-state index in [2.05, 4.69) is 26.8 Å². The Morgan fingerprint density at radius 2 is 2.09 bits per heavy atom. The number of hydrogen-bond donors (Lipinski definition) is 2. The molecule has 0 saturated carbocycles. The summed E-state index contributed by atoms with van der Waals surface area (Å²) in [6.45, 7) is 4.18. The van der Waals surface area contributed by atoms with Crippen molar-refractivity contribution in [2.45, 2.75) is 32.3 Å². The third kappa shape index (κ3) is 4.62. The highest BCUT2D eigenvalue weighted by Crippen LogP contribution is 2.25. The van der Waals surface area contributed by atoms with E-state index in [0.29, 0.717) is 23.9 Å². The maximum Gasteiger partial charge on any atom is 0.221 e. The summed E-state index contributed by atoms with van der Waals surface area (Å²) >= 11 is 1.39. The highest BCUT2D eigenvalue weighted by Gasteiger charge is 2.23. The number of rotatable bonds is 6. The Morgan fingerprint density at radius 3 is 2.81 bits per heavy atom. The minimum absolute atomic E-state index is 0.193. The number of aliphatic hydroxyl groups is 1. The SMILES string of the molecule is COCCCc1nc2ccc(C#CC(C)(O)c3nc(C)cs3)cc2n1-c1ccnc(N)n1. The lowest BCUT2D eigenvalue weighted by Gasteiger charge is -2.12. The van der Waals surface area contributed by atoms with E-state index in [0.717, 1.165) is 34.5 Å². The minimum atomic E-state index is -1.33. The third-order valence-corrected chi connectivity index (χ3v) is 6.02. The second kappa shape index (κ2) is 9.04. The first kappa shape index (κ1) is 21.9. The zero-order valence-corrected chi connectivity index (χ0v) is 19.0. The number of methoxy groups -OCH3 is 1. The topological polar surface area (TPSA) is 112 Å². The predicted octanol–water partition coefficient (Wildman–Crippen LogP) is 3.00. The largest absolute Gasteiger partial charge is 0.385 e. The Kier molecular flexibility index (Phi) is 6.19. The number of benzene rings is 1. The zero-order valence-electron chi connectivity index (χ0n) is 18.2. The van der Waals surface area contributed by atoms with Crippen molar-refractivity contribution in [2.75, 3.05) is 19.5 Å². The second-order valence-corrected chi connectivity index (χ2v) is 8.41. The molecule has 0 bridgehead atoms. The number of nitrogens with zero attached hydrogens (tertiary/aromatic N) is 5. The van der Waals surface area contributed by atoms with Gasteiger partial charge in [0.25, 0.3) is 0 Å². The van der Waals surface area contributed by atoms with E-state index < -0.39 is 5.60 Å². The first-order valence-electron chi connectivity index (χ1n) is 10.1. The van der Waals surface area contributed by atoms with Crippen LogP contribution in [-0.4, -0.2) is 43.3 Å². The Hall–Kier alpha value is -3.32. The molecule has 4 rings (SSSR count). The van der Waals surface area contributed by atoms with E-state index in [9.17, 15) is 5.11 Å². The summed E-state index contributed by atoms with van der Waals surface area (Å²) in [6, 6.07) is 7.55. The summed E-state index contributed by atoms with van der Waals surface area (Å²) in [5, 5.41) is 13.2. The van der Waals surface area contributed by atoms with Crippen LogP contribution in [0.2, 0.25) is 0 Å². The third-order valence-electron chi connectivity index (χ3n) is 4.85. The Labute approximate surface area is 190 Å². The van der Waals surface area contributed by atoms with Gasteiger partial charge in [0, 0.05) is 43.0 Å². The molecule has 0 spiro atoms. The summed E-state index contributed by atoms with van der Waals surface area (Å²) in [7, 11) is 1.68. The van der Waals surface area contributed by atoms with Gasteiger partial charge in [0.1, 0.15) is 16.6 Å². The maximum atomic E-state index is 10.8. The van der Waals surface area contributed by atoms with Crippen LogP contribution < -0.4 is 5.73 Å². The zero-order chi connectivity index (χ0) is 22.7. The number of fused-ring (bicyclic) bond motifs is 1. The van der Waals surface area contributed by atoms with E-state index in [1.54, 1.807) is 26.3 Å². The van der Waals surface area contributed by atoms with Gasteiger partial charge < -0.3 is 15.6 Å². The van der Waals surface area contributed by atoms with E-state index in [4.69, 9.17) is 15.5 Å². The number of hydrogen-bond acceptors (Lipinski definition) is 8. The summed E-state index contributed by atoms with van der Waals surface area (Å²) in [5.41, 5.74) is 7.79. The molecule has 9 heteroatoms. The quantitative estimate of drug-likeness (QED) is 0.344. The molecule has 3 heterocycles. The van der Waals surface area contributed by atoms with Crippen LogP contribution in [0.15, 0.2) is 35.8 Å². The highest BCUT2D eigenvalue weighted by molar-refractivity contribution is 7.09. The Bertz CT molecular complexity index is 1320. The van der Waals surface area contributed by atoms with E-state index in [-0.39, 0.29) is 5.95 Å². The normalized spacial score (nSPS) is 13.0. The van der Waals surface area contributed by atoms with Crippen LogP contribution in [0.5, 0.6) is 0 Å². The Balaban J connectivity index is 1.77. The van der Waals surface area contributed by atoms with E-state index in [1.165, 1.54) is 11.3 Å². The number of anilines is 1. The lowest BCUT2D eigenvalue weighted by Crippen LogP contribution is -2.18. The number of nitrogen functional groups attached to an aromatic ring is 1. The van der Waals surface area contributed by atoms with Crippen LogP contribution in [-0.2, 0) is 16.8 Å². The van der Waals surface area contributed by atoms with Crippen LogP contribution in [0.4, 0.5) is 5.95 Å². The number of ether oxygens (including phenoxy) is 1. The lowest BCUT2D eigenvalue weighted by molar-refractivity contribution is 0.121. The molecule has 0 aliphatic rings. The molecule has 1 aromatic carbocycles. The molecule has 0 fully saturated rings. The van der Waals surface area contributed by atoms with Crippen molar-refractivity contribution in [3.63, 3.8) is 0 Å². The molecule has 32 heavy (non-hydrogen) atoms. The predicted molar refractivity (Wildman–Crippen MR) is 125 cm³/mol. The smallest absolute Gasteiger partial charge is 0.221 e. The number of aryl methyl sites for hydroxylation is 2. The van der Waals surface area contributed by atoms with Gasteiger partial charge in [-0.2, -0.15) is 4.98 Å². The molecular formula is C23H24N6O2S. The molecule has 4 aromatic rings. The molecule has 0 amide bonds. The fourth-order valence-electron chi connectivity index (χ4n) is 3.31. The van der Waals surface area contributed by atoms with Crippen molar-refractivity contribution in [1.29, 1.82) is 0 Å². The number of imidazole rings is 1. The average molecular weight is 449 g/mol.